The first-order valence-electron chi connectivity index (χ1n) is 7.53. The van der Waals surface area contributed by atoms with E-state index in [4.69, 9.17) is 0 Å². The highest BCUT2D eigenvalue weighted by Crippen LogP contribution is 2.40. The van der Waals surface area contributed by atoms with Crippen molar-refractivity contribution in [2.24, 2.45) is 5.92 Å². The van der Waals surface area contributed by atoms with Crippen LogP contribution in [0.3, 0.4) is 0 Å². The number of halogens is 3. The van der Waals surface area contributed by atoms with Crippen molar-refractivity contribution in [1.29, 1.82) is 0 Å². The minimum Gasteiger partial charge on any atom is -0.286 e. The predicted octanol–water partition coefficient (Wildman–Crippen LogP) is 4.37. The zero-order valence-corrected chi connectivity index (χ0v) is 12.2. The minimum atomic E-state index is -4.49. The van der Waals surface area contributed by atoms with E-state index in [0.717, 1.165) is 12.8 Å². The van der Waals surface area contributed by atoms with Crippen molar-refractivity contribution in [2.45, 2.75) is 25.4 Å². The summed E-state index contributed by atoms with van der Waals surface area (Å²) in [7, 11) is 0. The highest BCUT2D eigenvalue weighted by Gasteiger charge is 2.38. The van der Waals surface area contributed by atoms with Gasteiger partial charge in [0.25, 0.3) is 0 Å². The summed E-state index contributed by atoms with van der Waals surface area (Å²) >= 11 is 0. The molecule has 118 valence electrons. The summed E-state index contributed by atoms with van der Waals surface area (Å²) in [5.41, 5.74) is -0.180. The normalized spacial score (nSPS) is 15.3. The van der Waals surface area contributed by atoms with E-state index in [1.54, 1.807) is 36.5 Å². The van der Waals surface area contributed by atoms with Crippen molar-refractivity contribution in [3.8, 4) is 11.1 Å². The Morgan fingerprint density at radius 3 is 2.43 bits per heavy atom. The van der Waals surface area contributed by atoms with Gasteiger partial charge < -0.3 is 0 Å². The summed E-state index contributed by atoms with van der Waals surface area (Å²) in [6.07, 6.45) is 0.0671. The molecular weight excluding hydrogens is 303 g/mol. The molecule has 4 rings (SSSR count). The number of rotatable bonds is 3. The van der Waals surface area contributed by atoms with Gasteiger partial charge in [0, 0.05) is 12.6 Å². The second kappa shape index (κ2) is 5.08. The maximum Gasteiger partial charge on any atom is 0.420 e. The predicted molar refractivity (Wildman–Crippen MR) is 79.9 cm³/mol. The van der Waals surface area contributed by atoms with Crippen LogP contribution >= 0.6 is 0 Å². The largest absolute Gasteiger partial charge is 0.420 e. The fraction of sp³-hybridized carbons (Fsp3) is 0.294. The second-order valence-corrected chi connectivity index (χ2v) is 5.93. The van der Waals surface area contributed by atoms with Crippen LogP contribution in [-0.2, 0) is 12.6 Å². The molecule has 0 radical (unpaired) electrons. The molecule has 0 spiro atoms. The van der Waals surface area contributed by atoms with Crippen molar-refractivity contribution in [3.63, 3.8) is 0 Å². The fourth-order valence-electron chi connectivity index (χ4n) is 2.86. The van der Waals surface area contributed by atoms with Crippen LogP contribution in [0.25, 0.3) is 16.8 Å². The molecule has 0 atom stereocenters. The average Bonchev–Trinajstić information content (AvgIpc) is 3.26. The van der Waals surface area contributed by atoms with E-state index < -0.39 is 11.7 Å². The Hall–Kier alpha value is -2.37. The standard InChI is InChI=1S/C17H14F3N3/c18-17(19,20)15-13(12-4-2-1-3-5-12)8-9-23-14(10-11-6-7-11)21-22-16(15)23/h1-5,8-9,11H,6-7,10H2. The molecule has 1 aliphatic carbocycles. The lowest BCUT2D eigenvalue weighted by Gasteiger charge is -2.14. The molecule has 0 amide bonds. The molecule has 1 fully saturated rings. The maximum atomic E-state index is 13.7. The van der Waals surface area contributed by atoms with Crippen LogP contribution in [0.5, 0.6) is 0 Å². The molecule has 3 aromatic rings. The summed E-state index contributed by atoms with van der Waals surface area (Å²) in [5.74, 6) is 1.14. The van der Waals surface area contributed by atoms with E-state index in [-0.39, 0.29) is 11.2 Å². The van der Waals surface area contributed by atoms with Crippen LogP contribution in [0.4, 0.5) is 13.2 Å². The van der Waals surface area contributed by atoms with Crippen molar-refractivity contribution in [1.82, 2.24) is 14.6 Å². The van der Waals surface area contributed by atoms with Gasteiger partial charge in [-0.25, -0.2) is 0 Å². The van der Waals surface area contributed by atoms with E-state index in [1.165, 1.54) is 10.5 Å². The van der Waals surface area contributed by atoms with Crippen LogP contribution in [-0.4, -0.2) is 14.6 Å². The Morgan fingerprint density at radius 1 is 1.04 bits per heavy atom. The number of fused-ring (bicyclic) bond motifs is 1. The van der Waals surface area contributed by atoms with Gasteiger partial charge in [0.2, 0.25) is 0 Å². The number of aromatic nitrogens is 3. The fourth-order valence-corrected chi connectivity index (χ4v) is 2.86. The maximum absolute atomic E-state index is 13.7. The number of pyridine rings is 1. The summed E-state index contributed by atoms with van der Waals surface area (Å²) in [6, 6.07) is 10.1. The number of hydrogen-bond donors (Lipinski definition) is 0. The monoisotopic (exact) mass is 317 g/mol. The number of nitrogens with zero attached hydrogens (tertiary/aromatic N) is 3. The minimum absolute atomic E-state index is 0.116. The van der Waals surface area contributed by atoms with Crippen LogP contribution in [0.1, 0.15) is 24.2 Å². The molecule has 1 saturated carbocycles. The van der Waals surface area contributed by atoms with Crippen molar-refractivity contribution >= 4 is 5.65 Å². The Labute approximate surface area is 130 Å². The summed E-state index contributed by atoms with van der Waals surface area (Å²) < 4.78 is 42.5. The zero-order valence-electron chi connectivity index (χ0n) is 12.2. The van der Waals surface area contributed by atoms with Crippen molar-refractivity contribution in [3.05, 3.63) is 54.0 Å². The topological polar surface area (TPSA) is 30.2 Å². The Balaban J connectivity index is 1.93. The number of alkyl halides is 3. The molecule has 1 aromatic carbocycles. The lowest BCUT2D eigenvalue weighted by Crippen LogP contribution is -2.11. The average molecular weight is 317 g/mol. The first-order valence-corrected chi connectivity index (χ1v) is 7.53. The second-order valence-electron chi connectivity index (χ2n) is 5.93. The third kappa shape index (κ3) is 2.58. The number of benzene rings is 1. The van der Waals surface area contributed by atoms with E-state index in [1.807, 2.05) is 0 Å². The molecule has 0 aliphatic heterocycles. The van der Waals surface area contributed by atoms with E-state index >= 15 is 0 Å². The van der Waals surface area contributed by atoms with Gasteiger partial charge in [-0.15, -0.1) is 10.2 Å². The van der Waals surface area contributed by atoms with Gasteiger partial charge in [0.1, 0.15) is 11.4 Å². The number of hydrogen-bond acceptors (Lipinski definition) is 2. The molecule has 2 heterocycles. The molecule has 1 aliphatic rings. The van der Waals surface area contributed by atoms with Crippen LogP contribution in [0.2, 0.25) is 0 Å². The summed E-state index contributed by atoms with van der Waals surface area (Å²) in [5, 5.41) is 7.84. The molecular formula is C17H14F3N3. The van der Waals surface area contributed by atoms with Crippen molar-refractivity contribution < 1.29 is 13.2 Å². The first-order chi connectivity index (χ1) is 11.0. The van der Waals surface area contributed by atoms with E-state index in [9.17, 15) is 13.2 Å². The molecule has 3 nitrogen and oxygen atoms in total. The lowest BCUT2D eigenvalue weighted by atomic mass is 10.0. The van der Waals surface area contributed by atoms with Crippen LogP contribution < -0.4 is 0 Å². The zero-order chi connectivity index (χ0) is 16.0. The summed E-state index contributed by atoms with van der Waals surface area (Å²) in [6.45, 7) is 0. The van der Waals surface area contributed by atoms with Crippen LogP contribution in [0, 0.1) is 5.92 Å². The van der Waals surface area contributed by atoms with Gasteiger partial charge in [-0.3, -0.25) is 4.40 Å². The highest BCUT2D eigenvalue weighted by atomic mass is 19.4. The Morgan fingerprint density at radius 2 is 1.78 bits per heavy atom. The third-order valence-electron chi connectivity index (χ3n) is 4.19. The molecule has 2 aromatic heterocycles. The molecule has 0 unspecified atom stereocenters. The third-order valence-corrected chi connectivity index (χ3v) is 4.19. The van der Waals surface area contributed by atoms with Gasteiger partial charge in [-0.2, -0.15) is 13.2 Å². The quantitative estimate of drug-likeness (QED) is 0.718. The lowest BCUT2D eigenvalue weighted by molar-refractivity contribution is -0.136. The molecule has 23 heavy (non-hydrogen) atoms. The van der Waals surface area contributed by atoms with E-state index in [0.29, 0.717) is 23.7 Å². The molecule has 0 saturated heterocycles. The smallest absolute Gasteiger partial charge is 0.286 e. The van der Waals surface area contributed by atoms with Gasteiger partial charge in [0.15, 0.2) is 5.65 Å². The van der Waals surface area contributed by atoms with Gasteiger partial charge in [-0.05, 0) is 36.0 Å². The van der Waals surface area contributed by atoms with Crippen molar-refractivity contribution in [2.75, 3.05) is 0 Å². The Bertz CT molecular complexity index is 849. The highest BCUT2D eigenvalue weighted by molar-refractivity contribution is 5.74. The summed E-state index contributed by atoms with van der Waals surface area (Å²) in [4.78, 5) is 0. The molecule has 6 heteroatoms. The molecule has 0 bridgehead atoms. The first kappa shape index (κ1) is 14.2. The van der Waals surface area contributed by atoms with Gasteiger partial charge in [0.05, 0.1) is 0 Å². The van der Waals surface area contributed by atoms with Gasteiger partial charge in [-0.1, -0.05) is 30.3 Å². The SMILES string of the molecule is FC(F)(F)c1c(-c2ccccc2)ccn2c(CC3CC3)nnc12. The molecule has 0 N–H and O–H groups in total. The van der Waals surface area contributed by atoms with Crippen LogP contribution in [0.15, 0.2) is 42.6 Å². The Kier molecular flexibility index (Phi) is 3.14. The van der Waals surface area contributed by atoms with Gasteiger partial charge >= 0.3 is 6.18 Å². The van der Waals surface area contributed by atoms with E-state index in [2.05, 4.69) is 10.2 Å².